The minimum atomic E-state index is -3.60. The van der Waals surface area contributed by atoms with Gasteiger partial charge in [-0.2, -0.15) is 5.10 Å². The van der Waals surface area contributed by atoms with Crippen molar-refractivity contribution >= 4 is 21.4 Å². The van der Waals surface area contributed by atoms with E-state index in [4.69, 9.17) is 0 Å². The standard InChI is InChI=1S/C24H30N4O3S/c1-16(2)19-6-10-21(11-7-19)32(30,31)22-12-8-20(9-13-22)25-26-24(29)15-14-23-17(3)27-28(5)18(23)4/h6-13,16,25H,14-15H2,1-5H3,(H,26,29). The summed E-state index contributed by atoms with van der Waals surface area (Å²) in [6.45, 7) is 8.05. The Kier molecular flexibility index (Phi) is 7.03. The fraction of sp³-hybridized carbons (Fsp3) is 0.333. The van der Waals surface area contributed by atoms with Gasteiger partial charge in [0.15, 0.2) is 0 Å². The first-order chi connectivity index (χ1) is 15.1. The Morgan fingerprint density at radius 3 is 2.06 bits per heavy atom. The Morgan fingerprint density at radius 1 is 1.00 bits per heavy atom. The number of amides is 1. The number of carbonyl (C=O) groups excluding carboxylic acids is 1. The molecule has 2 N–H and O–H groups in total. The van der Waals surface area contributed by atoms with Crippen LogP contribution >= 0.6 is 0 Å². The van der Waals surface area contributed by atoms with Crippen molar-refractivity contribution in [3.05, 3.63) is 71.0 Å². The second-order valence-corrected chi connectivity index (χ2v) is 10.1. The van der Waals surface area contributed by atoms with Crippen molar-refractivity contribution < 1.29 is 13.2 Å². The molecule has 0 fully saturated rings. The van der Waals surface area contributed by atoms with E-state index in [0.29, 0.717) is 24.4 Å². The molecule has 3 aromatic rings. The highest BCUT2D eigenvalue weighted by Crippen LogP contribution is 2.24. The number of rotatable bonds is 8. The topological polar surface area (TPSA) is 93.1 Å². The SMILES string of the molecule is Cc1nn(C)c(C)c1CCC(=O)NNc1ccc(S(=O)(=O)c2ccc(C(C)C)cc2)cc1. The van der Waals surface area contributed by atoms with Gasteiger partial charge in [0.25, 0.3) is 0 Å². The largest absolute Gasteiger partial charge is 0.299 e. The fourth-order valence-electron chi connectivity index (χ4n) is 3.51. The summed E-state index contributed by atoms with van der Waals surface area (Å²) in [6.07, 6.45) is 0.922. The Bertz CT molecular complexity index is 1200. The molecule has 1 amide bonds. The molecule has 0 aliphatic carbocycles. The Balaban J connectivity index is 1.58. The summed E-state index contributed by atoms with van der Waals surface area (Å²) < 4.78 is 27.6. The highest BCUT2D eigenvalue weighted by molar-refractivity contribution is 7.91. The van der Waals surface area contributed by atoms with Crippen molar-refractivity contribution in [3.8, 4) is 0 Å². The molecule has 8 heteroatoms. The van der Waals surface area contributed by atoms with Crippen LogP contribution in [0.4, 0.5) is 5.69 Å². The normalized spacial score (nSPS) is 11.6. The molecule has 0 spiro atoms. The number of hydrazine groups is 1. The first kappa shape index (κ1) is 23.5. The van der Waals surface area contributed by atoms with Gasteiger partial charge in [-0.25, -0.2) is 8.42 Å². The van der Waals surface area contributed by atoms with Gasteiger partial charge in [0.2, 0.25) is 15.7 Å². The number of nitrogens with one attached hydrogen (secondary N) is 2. The number of hydrogen-bond donors (Lipinski definition) is 2. The fourth-order valence-corrected chi connectivity index (χ4v) is 4.77. The quantitative estimate of drug-likeness (QED) is 0.501. The van der Waals surface area contributed by atoms with Gasteiger partial charge in [-0.3, -0.25) is 20.3 Å². The third kappa shape index (κ3) is 5.19. The first-order valence-corrected chi connectivity index (χ1v) is 12.1. The summed E-state index contributed by atoms with van der Waals surface area (Å²) in [6, 6.07) is 13.3. The van der Waals surface area contributed by atoms with Gasteiger partial charge in [-0.15, -0.1) is 0 Å². The van der Waals surface area contributed by atoms with Crippen LogP contribution in [0.3, 0.4) is 0 Å². The lowest BCUT2D eigenvalue weighted by molar-refractivity contribution is -0.120. The van der Waals surface area contributed by atoms with Crippen molar-refractivity contribution in [3.63, 3.8) is 0 Å². The van der Waals surface area contributed by atoms with Crippen LogP contribution in [0.1, 0.15) is 48.7 Å². The molecule has 32 heavy (non-hydrogen) atoms. The molecule has 1 heterocycles. The van der Waals surface area contributed by atoms with Crippen molar-refractivity contribution in [1.29, 1.82) is 0 Å². The second-order valence-electron chi connectivity index (χ2n) is 8.20. The van der Waals surface area contributed by atoms with Crippen LogP contribution < -0.4 is 10.9 Å². The van der Waals surface area contributed by atoms with Crippen LogP contribution in [0.15, 0.2) is 58.3 Å². The average molecular weight is 455 g/mol. The molecular weight excluding hydrogens is 424 g/mol. The third-order valence-corrected chi connectivity index (χ3v) is 7.41. The number of nitrogens with zero attached hydrogens (tertiary/aromatic N) is 2. The summed E-state index contributed by atoms with van der Waals surface area (Å²) in [5.74, 6) is 0.180. The second kappa shape index (κ2) is 9.56. The molecule has 1 aromatic heterocycles. The van der Waals surface area contributed by atoms with E-state index in [9.17, 15) is 13.2 Å². The summed E-state index contributed by atoms with van der Waals surface area (Å²) in [5.41, 5.74) is 10.3. The van der Waals surface area contributed by atoms with E-state index < -0.39 is 9.84 Å². The minimum absolute atomic E-state index is 0.158. The minimum Gasteiger partial charge on any atom is -0.299 e. The van der Waals surface area contributed by atoms with Crippen molar-refractivity contribution in [2.24, 2.45) is 7.05 Å². The lowest BCUT2D eigenvalue weighted by Crippen LogP contribution is -2.29. The van der Waals surface area contributed by atoms with Crippen molar-refractivity contribution in [1.82, 2.24) is 15.2 Å². The van der Waals surface area contributed by atoms with E-state index in [1.54, 1.807) is 24.3 Å². The number of hydrogen-bond acceptors (Lipinski definition) is 5. The van der Waals surface area contributed by atoms with Crippen LogP contribution in [0, 0.1) is 13.8 Å². The first-order valence-electron chi connectivity index (χ1n) is 10.6. The van der Waals surface area contributed by atoms with E-state index in [2.05, 4.69) is 29.8 Å². The monoisotopic (exact) mass is 454 g/mol. The van der Waals surface area contributed by atoms with Crippen LogP contribution in [0.25, 0.3) is 0 Å². The number of benzene rings is 2. The van der Waals surface area contributed by atoms with Gasteiger partial charge in [0.05, 0.1) is 21.2 Å². The Morgan fingerprint density at radius 2 is 1.56 bits per heavy atom. The lowest BCUT2D eigenvalue weighted by atomic mass is 10.0. The summed E-state index contributed by atoms with van der Waals surface area (Å²) >= 11 is 0. The molecule has 0 aliphatic rings. The number of sulfone groups is 1. The molecule has 3 rings (SSSR count). The Labute approximate surface area is 189 Å². The molecule has 0 saturated carbocycles. The molecule has 7 nitrogen and oxygen atoms in total. The van der Waals surface area contributed by atoms with Gasteiger partial charge in [-0.1, -0.05) is 26.0 Å². The predicted molar refractivity (Wildman–Crippen MR) is 125 cm³/mol. The van der Waals surface area contributed by atoms with Crippen LogP contribution in [-0.2, 0) is 28.1 Å². The van der Waals surface area contributed by atoms with Gasteiger partial charge in [-0.05, 0) is 73.7 Å². The van der Waals surface area contributed by atoms with Gasteiger partial charge >= 0.3 is 0 Å². The lowest BCUT2D eigenvalue weighted by Gasteiger charge is -2.11. The van der Waals surface area contributed by atoms with Gasteiger partial charge < -0.3 is 0 Å². The van der Waals surface area contributed by atoms with E-state index in [0.717, 1.165) is 22.5 Å². The van der Waals surface area contributed by atoms with Crippen molar-refractivity contribution in [2.45, 2.75) is 56.2 Å². The van der Waals surface area contributed by atoms with Gasteiger partial charge in [0.1, 0.15) is 0 Å². The molecule has 170 valence electrons. The highest BCUT2D eigenvalue weighted by atomic mass is 32.2. The maximum atomic E-state index is 12.9. The number of carbonyl (C=O) groups is 1. The van der Waals surface area contributed by atoms with E-state index >= 15 is 0 Å². The zero-order valence-corrected chi connectivity index (χ0v) is 20.0. The maximum Gasteiger partial charge on any atom is 0.238 e. The molecule has 0 bridgehead atoms. The van der Waals surface area contributed by atoms with Crippen LogP contribution in [0.5, 0.6) is 0 Å². The average Bonchev–Trinajstić information content (AvgIpc) is 3.02. The van der Waals surface area contributed by atoms with Gasteiger partial charge in [0, 0.05) is 19.2 Å². The molecular formula is C24H30N4O3S. The zero-order valence-electron chi connectivity index (χ0n) is 19.1. The molecule has 0 saturated heterocycles. The molecule has 0 atom stereocenters. The zero-order chi connectivity index (χ0) is 23.5. The molecule has 2 aromatic carbocycles. The Hall–Kier alpha value is -3.13. The predicted octanol–water partition coefficient (Wildman–Crippen LogP) is 4.07. The van der Waals surface area contributed by atoms with Crippen LogP contribution in [-0.4, -0.2) is 24.1 Å². The highest BCUT2D eigenvalue weighted by Gasteiger charge is 2.18. The molecule has 0 radical (unpaired) electrons. The van der Waals surface area contributed by atoms with E-state index in [-0.39, 0.29) is 15.7 Å². The summed E-state index contributed by atoms with van der Waals surface area (Å²) in [7, 11) is -1.71. The summed E-state index contributed by atoms with van der Waals surface area (Å²) in [4.78, 5) is 12.7. The summed E-state index contributed by atoms with van der Waals surface area (Å²) in [5, 5.41) is 4.36. The van der Waals surface area contributed by atoms with Crippen molar-refractivity contribution in [2.75, 3.05) is 5.43 Å². The third-order valence-electron chi connectivity index (χ3n) is 5.63. The molecule has 0 unspecified atom stereocenters. The number of aryl methyl sites for hydroxylation is 2. The van der Waals surface area contributed by atoms with Crippen LogP contribution in [0.2, 0.25) is 0 Å². The smallest absolute Gasteiger partial charge is 0.238 e. The van der Waals surface area contributed by atoms with E-state index in [1.807, 2.05) is 37.7 Å². The maximum absolute atomic E-state index is 12.9. The number of anilines is 1. The van der Waals surface area contributed by atoms with E-state index in [1.165, 1.54) is 12.1 Å². The molecule has 0 aliphatic heterocycles. The number of aromatic nitrogens is 2.